The molecule has 0 unspecified atom stereocenters. The minimum absolute atomic E-state index is 1.17. The van der Waals surface area contributed by atoms with Gasteiger partial charge in [0.05, 0.1) is 11.0 Å². The SMILES string of the molecule is c1ccc(-c2cc(-n3c4ccccc4c4ccccc43)ccc2-c2sc(-c3ccccc3)c3ccccc23)cc1. The van der Waals surface area contributed by atoms with Crippen molar-refractivity contribution in [2.24, 2.45) is 0 Å². The predicted octanol–water partition coefficient (Wildman–Crippen LogP) is 11.0. The van der Waals surface area contributed by atoms with Crippen molar-refractivity contribution in [3.05, 3.63) is 152 Å². The first kappa shape index (κ1) is 23.0. The van der Waals surface area contributed by atoms with Crippen molar-refractivity contribution >= 4 is 43.9 Å². The molecule has 2 heterocycles. The quantitative estimate of drug-likeness (QED) is 0.214. The maximum absolute atomic E-state index is 2.41. The van der Waals surface area contributed by atoms with Crippen LogP contribution < -0.4 is 0 Å². The third-order valence-electron chi connectivity index (χ3n) is 7.83. The zero-order valence-corrected chi connectivity index (χ0v) is 22.6. The lowest BCUT2D eigenvalue weighted by atomic mass is 9.96. The molecule has 0 fully saturated rings. The van der Waals surface area contributed by atoms with E-state index in [1.807, 2.05) is 11.3 Å². The van der Waals surface area contributed by atoms with Gasteiger partial charge in [0.1, 0.15) is 0 Å². The second-order valence-electron chi connectivity index (χ2n) is 10.1. The molecular formula is C38H25NS. The summed E-state index contributed by atoms with van der Waals surface area (Å²) in [4.78, 5) is 2.62. The maximum Gasteiger partial charge on any atom is 0.0541 e. The minimum Gasteiger partial charge on any atom is -0.309 e. The summed E-state index contributed by atoms with van der Waals surface area (Å²) in [6, 6.07) is 54.8. The maximum atomic E-state index is 2.41. The first-order valence-corrected chi connectivity index (χ1v) is 14.4. The molecule has 0 atom stereocenters. The highest BCUT2D eigenvalue weighted by Crippen LogP contribution is 2.47. The van der Waals surface area contributed by atoms with Gasteiger partial charge in [0.25, 0.3) is 0 Å². The molecule has 0 N–H and O–H groups in total. The first-order valence-electron chi connectivity index (χ1n) is 13.6. The van der Waals surface area contributed by atoms with Crippen molar-refractivity contribution in [1.29, 1.82) is 0 Å². The molecule has 0 aliphatic heterocycles. The molecule has 0 bridgehead atoms. The Bertz CT molecular complexity index is 2100. The van der Waals surface area contributed by atoms with E-state index in [1.54, 1.807) is 0 Å². The van der Waals surface area contributed by atoms with E-state index in [9.17, 15) is 0 Å². The van der Waals surface area contributed by atoms with Gasteiger partial charge < -0.3 is 4.57 Å². The Balaban J connectivity index is 1.42. The van der Waals surface area contributed by atoms with Gasteiger partial charge >= 0.3 is 0 Å². The fourth-order valence-corrected chi connectivity index (χ4v) is 7.34. The molecule has 0 amide bonds. The molecule has 0 saturated carbocycles. The summed E-state index contributed by atoms with van der Waals surface area (Å²) in [5, 5.41) is 5.16. The van der Waals surface area contributed by atoms with E-state index in [-0.39, 0.29) is 0 Å². The molecular weight excluding hydrogens is 502 g/mol. The highest BCUT2D eigenvalue weighted by Gasteiger charge is 2.19. The average Bonchev–Trinajstić information content (AvgIpc) is 3.58. The fourth-order valence-electron chi connectivity index (χ4n) is 6.02. The van der Waals surface area contributed by atoms with Crippen molar-refractivity contribution in [3.63, 3.8) is 0 Å². The van der Waals surface area contributed by atoms with Crippen LogP contribution in [0.4, 0.5) is 0 Å². The smallest absolute Gasteiger partial charge is 0.0541 e. The van der Waals surface area contributed by atoms with Crippen molar-refractivity contribution in [2.45, 2.75) is 0 Å². The third-order valence-corrected chi connectivity index (χ3v) is 9.13. The summed E-state index contributed by atoms with van der Waals surface area (Å²) in [5.74, 6) is 0. The van der Waals surface area contributed by atoms with Gasteiger partial charge in [-0.15, -0.1) is 11.3 Å². The fraction of sp³-hybridized carbons (Fsp3) is 0. The summed E-state index contributed by atoms with van der Waals surface area (Å²) in [6.45, 7) is 0. The highest BCUT2D eigenvalue weighted by atomic mass is 32.1. The van der Waals surface area contributed by atoms with E-state index < -0.39 is 0 Å². The van der Waals surface area contributed by atoms with Crippen LogP contribution in [0.25, 0.3) is 70.3 Å². The molecule has 40 heavy (non-hydrogen) atoms. The number of rotatable bonds is 4. The second-order valence-corrected chi connectivity index (χ2v) is 11.2. The number of benzene rings is 6. The zero-order chi connectivity index (χ0) is 26.5. The zero-order valence-electron chi connectivity index (χ0n) is 21.8. The van der Waals surface area contributed by atoms with Crippen LogP contribution in [0.15, 0.2) is 152 Å². The van der Waals surface area contributed by atoms with E-state index in [4.69, 9.17) is 0 Å². The van der Waals surface area contributed by atoms with Gasteiger partial charge in [-0.25, -0.2) is 0 Å². The Hall–Kier alpha value is -4.92. The summed E-state index contributed by atoms with van der Waals surface area (Å²) < 4.78 is 2.41. The molecule has 0 aliphatic rings. The number of nitrogens with zero attached hydrogens (tertiary/aromatic N) is 1. The van der Waals surface area contributed by atoms with Gasteiger partial charge in [-0.05, 0) is 41.0 Å². The van der Waals surface area contributed by atoms with Gasteiger partial charge in [-0.2, -0.15) is 0 Å². The summed E-state index contributed by atoms with van der Waals surface area (Å²) in [7, 11) is 0. The molecule has 188 valence electrons. The van der Waals surface area contributed by atoms with E-state index in [2.05, 4.69) is 156 Å². The van der Waals surface area contributed by atoms with Crippen molar-refractivity contribution in [1.82, 2.24) is 4.57 Å². The van der Waals surface area contributed by atoms with Gasteiger partial charge in [0.2, 0.25) is 0 Å². The average molecular weight is 528 g/mol. The highest BCUT2D eigenvalue weighted by molar-refractivity contribution is 7.21. The lowest BCUT2D eigenvalue weighted by molar-refractivity contribution is 1.18. The standard InChI is InChI=1S/C38H25NS/c1-3-13-26(14-4-1)34-25-28(39-35-21-11-9-17-29(35)30-18-10-12-22-36(30)39)23-24-33(34)38-32-20-8-7-19-31(32)37(40-38)27-15-5-2-6-16-27/h1-25H. The number of aromatic nitrogens is 1. The minimum atomic E-state index is 1.17. The largest absolute Gasteiger partial charge is 0.309 e. The Morgan fingerprint density at radius 3 is 1.50 bits per heavy atom. The molecule has 2 heteroatoms. The second kappa shape index (κ2) is 9.37. The number of thiophene rings is 1. The van der Waals surface area contributed by atoms with Gasteiger partial charge in [-0.1, -0.05) is 127 Å². The first-order chi connectivity index (χ1) is 19.9. The van der Waals surface area contributed by atoms with Crippen LogP contribution in [0.3, 0.4) is 0 Å². The van der Waals surface area contributed by atoms with Crippen LogP contribution in [0.5, 0.6) is 0 Å². The number of hydrogen-bond donors (Lipinski definition) is 0. The predicted molar refractivity (Wildman–Crippen MR) is 172 cm³/mol. The molecule has 6 aromatic carbocycles. The van der Waals surface area contributed by atoms with Crippen LogP contribution in [-0.4, -0.2) is 4.57 Å². The van der Waals surface area contributed by atoms with Crippen LogP contribution in [0.2, 0.25) is 0 Å². The number of fused-ring (bicyclic) bond motifs is 4. The molecule has 8 aromatic rings. The van der Waals surface area contributed by atoms with E-state index in [0.29, 0.717) is 0 Å². The Kier molecular flexibility index (Phi) is 5.39. The van der Waals surface area contributed by atoms with Crippen molar-refractivity contribution in [3.8, 4) is 37.7 Å². The van der Waals surface area contributed by atoms with E-state index in [0.717, 1.165) is 0 Å². The lowest BCUT2D eigenvalue weighted by Gasteiger charge is -2.14. The molecule has 1 nitrogen and oxygen atoms in total. The molecule has 2 aromatic heterocycles. The van der Waals surface area contributed by atoms with Crippen LogP contribution >= 0.6 is 11.3 Å². The van der Waals surface area contributed by atoms with E-state index in [1.165, 1.54) is 70.3 Å². The van der Waals surface area contributed by atoms with Crippen molar-refractivity contribution in [2.75, 3.05) is 0 Å². The topological polar surface area (TPSA) is 4.93 Å². The normalized spacial score (nSPS) is 11.5. The number of para-hydroxylation sites is 2. The van der Waals surface area contributed by atoms with Gasteiger partial charge in [-0.3, -0.25) is 0 Å². The third kappa shape index (κ3) is 3.61. The molecule has 8 rings (SSSR count). The lowest BCUT2D eigenvalue weighted by Crippen LogP contribution is -1.95. The van der Waals surface area contributed by atoms with Crippen molar-refractivity contribution < 1.29 is 0 Å². The van der Waals surface area contributed by atoms with Gasteiger partial charge in [0.15, 0.2) is 0 Å². The summed E-state index contributed by atoms with van der Waals surface area (Å²) >= 11 is 1.89. The Morgan fingerprint density at radius 1 is 0.375 bits per heavy atom. The Labute approximate surface area is 237 Å². The van der Waals surface area contributed by atoms with E-state index >= 15 is 0 Å². The molecule has 0 radical (unpaired) electrons. The molecule has 0 aliphatic carbocycles. The molecule has 0 saturated heterocycles. The van der Waals surface area contributed by atoms with Crippen LogP contribution in [-0.2, 0) is 0 Å². The summed E-state index contributed by atoms with van der Waals surface area (Å²) in [5.41, 5.74) is 8.61. The van der Waals surface area contributed by atoms with Crippen LogP contribution in [0, 0.1) is 0 Å². The monoisotopic (exact) mass is 527 g/mol. The summed E-state index contributed by atoms with van der Waals surface area (Å²) in [6.07, 6.45) is 0. The van der Waals surface area contributed by atoms with Crippen LogP contribution in [0.1, 0.15) is 0 Å². The Morgan fingerprint density at radius 2 is 0.875 bits per heavy atom. The molecule has 0 spiro atoms. The number of hydrogen-bond acceptors (Lipinski definition) is 1. The van der Waals surface area contributed by atoms with Gasteiger partial charge in [0, 0.05) is 42.6 Å².